The summed E-state index contributed by atoms with van der Waals surface area (Å²) in [6.45, 7) is 2.20. The smallest absolute Gasteiger partial charge is 0.255 e. The molecular weight excluding hydrogens is 390 g/mol. The molecule has 2 aromatic carbocycles. The van der Waals surface area contributed by atoms with Crippen LogP contribution in [0.2, 0.25) is 0 Å². The second kappa shape index (κ2) is 6.33. The average molecular weight is 415 g/mol. The van der Waals surface area contributed by atoms with E-state index in [9.17, 15) is 9.59 Å². The molecule has 1 aliphatic heterocycles. The quantitative estimate of drug-likeness (QED) is 0.510. The molecule has 2 heterocycles. The van der Waals surface area contributed by atoms with Gasteiger partial charge in [-0.3, -0.25) is 14.7 Å². The molecule has 7 nitrogen and oxygen atoms in total. The number of anilines is 2. The predicted octanol–water partition coefficient (Wildman–Crippen LogP) is 3.88. The highest BCUT2D eigenvalue weighted by Crippen LogP contribution is 2.58. The number of rotatable bonds is 2. The summed E-state index contributed by atoms with van der Waals surface area (Å²) in [5, 5.41) is 18.0. The minimum absolute atomic E-state index is 0.0279. The number of hydrogen-bond acceptors (Lipinski definition) is 4. The van der Waals surface area contributed by atoms with Gasteiger partial charge in [-0.2, -0.15) is 5.10 Å². The lowest BCUT2D eigenvalue weighted by molar-refractivity contribution is -0.134. The number of fused-ring (bicyclic) bond motifs is 4. The first kappa shape index (κ1) is 18.4. The van der Waals surface area contributed by atoms with E-state index in [0.717, 1.165) is 48.0 Å². The zero-order valence-corrected chi connectivity index (χ0v) is 17.4. The molecule has 4 N–H and O–H groups in total. The molecule has 4 aliphatic rings. The molecule has 1 aromatic heterocycles. The predicted molar refractivity (Wildman–Crippen MR) is 119 cm³/mol. The summed E-state index contributed by atoms with van der Waals surface area (Å²) in [5.74, 6) is 0.152. The molecule has 158 valence electrons. The van der Waals surface area contributed by atoms with E-state index in [1.165, 1.54) is 0 Å². The second-order valence-corrected chi connectivity index (χ2v) is 9.61. The van der Waals surface area contributed by atoms with Crippen molar-refractivity contribution in [2.24, 2.45) is 17.3 Å². The van der Waals surface area contributed by atoms with Crippen molar-refractivity contribution >= 4 is 34.1 Å². The van der Waals surface area contributed by atoms with Crippen LogP contribution in [0.1, 0.15) is 43.0 Å². The van der Waals surface area contributed by atoms with Crippen LogP contribution in [-0.2, 0) is 4.79 Å². The lowest BCUT2D eigenvalue weighted by Crippen LogP contribution is -2.70. The van der Waals surface area contributed by atoms with E-state index in [1.807, 2.05) is 42.5 Å². The third-order valence-corrected chi connectivity index (χ3v) is 7.70. The third-order valence-electron chi connectivity index (χ3n) is 7.70. The van der Waals surface area contributed by atoms with Crippen molar-refractivity contribution in [3.8, 4) is 0 Å². The number of para-hydroxylation sites is 1. The number of hydrogen-bond donors (Lipinski definition) is 4. The molecule has 2 bridgehead atoms. The van der Waals surface area contributed by atoms with Crippen molar-refractivity contribution in [3.05, 3.63) is 54.2 Å². The molecule has 3 aromatic rings. The third kappa shape index (κ3) is 2.76. The van der Waals surface area contributed by atoms with Gasteiger partial charge in [0.2, 0.25) is 5.91 Å². The highest BCUT2D eigenvalue weighted by atomic mass is 16.2. The second-order valence-electron chi connectivity index (χ2n) is 9.61. The number of nitrogens with zero attached hydrogens (tertiary/aromatic N) is 1. The monoisotopic (exact) mass is 415 g/mol. The molecule has 0 saturated heterocycles. The molecule has 4 unspecified atom stereocenters. The summed E-state index contributed by atoms with van der Waals surface area (Å²) in [5.41, 5.74) is 2.64. The SMILES string of the molecule is CC12CCC(CC1C(=O)Nc1ccc3[nH]ncc3c1)C1(C2)NC(=O)c2ccccc2N1. The van der Waals surface area contributed by atoms with E-state index in [4.69, 9.17) is 0 Å². The lowest BCUT2D eigenvalue weighted by atomic mass is 9.51. The Morgan fingerprint density at radius 2 is 2.06 bits per heavy atom. The van der Waals surface area contributed by atoms with Crippen molar-refractivity contribution in [1.29, 1.82) is 0 Å². The Morgan fingerprint density at radius 1 is 1.19 bits per heavy atom. The molecule has 3 fully saturated rings. The van der Waals surface area contributed by atoms with Crippen LogP contribution in [0.15, 0.2) is 48.7 Å². The molecule has 7 rings (SSSR count). The highest BCUT2D eigenvalue weighted by molar-refractivity contribution is 6.02. The Hall–Kier alpha value is -3.35. The molecule has 3 saturated carbocycles. The molecule has 0 radical (unpaired) electrons. The van der Waals surface area contributed by atoms with Crippen LogP contribution in [-0.4, -0.2) is 27.7 Å². The minimum Gasteiger partial charge on any atom is -0.362 e. The van der Waals surface area contributed by atoms with Crippen LogP contribution in [0.3, 0.4) is 0 Å². The van der Waals surface area contributed by atoms with Gasteiger partial charge in [-0.05, 0) is 61.4 Å². The van der Waals surface area contributed by atoms with Crippen LogP contribution in [0, 0.1) is 17.3 Å². The fourth-order valence-electron chi connectivity index (χ4n) is 6.10. The summed E-state index contributed by atoms with van der Waals surface area (Å²) < 4.78 is 0. The van der Waals surface area contributed by atoms with Gasteiger partial charge in [0.05, 0.1) is 17.3 Å². The van der Waals surface area contributed by atoms with E-state index in [0.29, 0.717) is 5.56 Å². The molecule has 1 spiro atoms. The van der Waals surface area contributed by atoms with Gasteiger partial charge in [-0.1, -0.05) is 19.1 Å². The largest absolute Gasteiger partial charge is 0.362 e. The van der Waals surface area contributed by atoms with Gasteiger partial charge in [0.25, 0.3) is 5.91 Å². The van der Waals surface area contributed by atoms with Crippen molar-refractivity contribution < 1.29 is 9.59 Å². The standard InChI is InChI=1S/C24H25N5O2/c1-23-9-8-15(24(13-23)27-20-5-3-2-4-17(20)21(30)28-24)11-18(23)22(31)26-16-6-7-19-14(10-16)12-25-29-19/h2-7,10,12,15,18,27H,8-9,11,13H2,1H3,(H,25,29)(H,26,31)(H,28,30). The number of aromatic nitrogens is 2. The van der Waals surface area contributed by atoms with Gasteiger partial charge in [0.1, 0.15) is 5.66 Å². The van der Waals surface area contributed by atoms with Gasteiger partial charge < -0.3 is 16.0 Å². The summed E-state index contributed by atoms with van der Waals surface area (Å²) in [6, 6.07) is 13.4. The molecule has 4 atom stereocenters. The maximum atomic E-state index is 13.3. The number of aromatic amines is 1. The maximum absolute atomic E-state index is 13.3. The first-order valence-corrected chi connectivity index (χ1v) is 10.9. The first-order chi connectivity index (χ1) is 15.0. The van der Waals surface area contributed by atoms with E-state index in [-0.39, 0.29) is 29.1 Å². The number of benzene rings is 2. The van der Waals surface area contributed by atoms with Gasteiger partial charge in [-0.15, -0.1) is 0 Å². The number of nitrogens with one attached hydrogen (secondary N) is 4. The Kier molecular flexibility index (Phi) is 3.76. The zero-order valence-electron chi connectivity index (χ0n) is 17.4. The Balaban J connectivity index is 1.26. The molecule has 3 aliphatic carbocycles. The van der Waals surface area contributed by atoms with Gasteiger partial charge >= 0.3 is 0 Å². The lowest BCUT2D eigenvalue weighted by Gasteiger charge is -2.60. The zero-order chi connectivity index (χ0) is 21.2. The van der Waals surface area contributed by atoms with Crippen molar-refractivity contribution in [2.75, 3.05) is 10.6 Å². The summed E-state index contributed by atoms with van der Waals surface area (Å²) in [7, 11) is 0. The Morgan fingerprint density at radius 3 is 2.94 bits per heavy atom. The van der Waals surface area contributed by atoms with Crippen LogP contribution in [0.25, 0.3) is 10.9 Å². The van der Waals surface area contributed by atoms with Crippen molar-refractivity contribution in [2.45, 2.75) is 38.3 Å². The number of H-pyrrole nitrogens is 1. The fourth-order valence-corrected chi connectivity index (χ4v) is 6.10. The number of carbonyl (C=O) groups excluding carboxylic acids is 2. The number of carbonyl (C=O) groups is 2. The summed E-state index contributed by atoms with van der Waals surface area (Å²) in [4.78, 5) is 26.2. The summed E-state index contributed by atoms with van der Waals surface area (Å²) in [6.07, 6.45) is 5.23. The maximum Gasteiger partial charge on any atom is 0.255 e. The van der Waals surface area contributed by atoms with Crippen LogP contribution in [0.4, 0.5) is 11.4 Å². The summed E-state index contributed by atoms with van der Waals surface area (Å²) >= 11 is 0. The van der Waals surface area contributed by atoms with E-state index >= 15 is 0 Å². The normalized spacial score (nSPS) is 31.2. The van der Waals surface area contributed by atoms with E-state index < -0.39 is 5.66 Å². The van der Waals surface area contributed by atoms with Gasteiger partial charge in [-0.25, -0.2) is 0 Å². The minimum atomic E-state index is -0.481. The van der Waals surface area contributed by atoms with Crippen LogP contribution in [0.5, 0.6) is 0 Å². The van der Waals surface area contributed by atoms with Crippen molar-refractivity contribution in [1.82, 2.24) is 15.5 Å². The van der Waals surface area contributed by atoms with Crippen molar-refractivity contribution in [3.63, 3.8) is 0 Å². The highest BCUT2D eigenvalue weighted by Gasteiger charge is 2.60. The molecular formula is C24H25N5O2. The van der Waals surface area contributed by atoms with E-state index in [1.54, 1.807) is 6.20 Å². The number of amides is 2. The molecule has 7 heteroatoms. The first-order valence-electron chi connectivity index (χ1n) is 10.9. The Bertz CT molecular complexity index is 1220. The van der Waals surface area contributed by atoms with Crippen LogP contribution < -0.4 is 16.0 Å². The fraction of sp³-hybridized carbons (Fsp3) is 0.375. The Labute approximate surface area is 180 Å². The average Bonchev–Trinajstić information content (AvgIpc) is 3.21. The van der Waals surface area contributed by atoms with Crippen LogP contribution >= 0.6 is 0 Å². The van der Waals surface area contributed by atoms with Gasteiger partial charge in [0, 0.05) is 28.6 Å². The van der Waals surface area contributed by atoms with E-state index in [2.05, 4.69) is 33.1 Å². The molecule has 31 heavy (non-hydrogen) atoms. The van der Waals surface area contributed by atoms with Gasteiger partial charge in [0.15, 0.2) is 0 Å². The topological polar surface area (TPSA) is 98.9 Å². The molecule has 2 amide bonds.